The van der Waals surface area contributed by atoms with Gasteiger partial charge in [0.15, 0.2) is 5.01 Å². The monoisotopic (exact) mass is 865 g/mol. The van der Waals surface area contributed by atoms with Crippen molar-refractivity contribution in [3.63, 3.8) is 0 Å². The fraction of sp³-hybridized carbons (Fsp3) is 0.390. The van der Waals surface area contributed by atoms with Crippen LogP contribution in [-0.2, 0) is 41.8 Å². The van der Waals surface area contributed by atoms with Crippen molar-refractivity contribution in [2.24, 2.45) is 16.6 Å². The molecule has 1 fully saturated rings. The van der Waals surface area contributed by atoms with Crippen LogP contribution in [0.1, 0.15) is 69.7 Å². The molecule has 1 saturated carbocycles. The van der Waals surface area contributed by atoms with E-state index >= 15 is 0 Å². The van der Waals surface area contributed by atoms with Crippen LogP contribution in [0.4, 0.5) is 0 Å². The van der Waals surface area contributed by atoms with Gasteiger partial charge in [0.1, 0.15) is 17.8 Å². The van der Waals surface area contributed by atoms with Crippen LogP contribution in [0.15, 0.2) is 88.2 Å². The van der Waals surface area contributed by atoms with Gasteiger partial charge in [-0.3, -0.25) is 19.4 Å². The van der Waals surface area contributed by atoms with E-state index < -0.39 is 55.8 Å². The second-order valence-electron chi connectivity index (χ2n) is 14.6. The fourth-order valence-corrected chi connectivity index (χ4v) is 10.1. The number of Topliss-reactive ketones (excluding diaryl/α,β-unsaturated/α-hetero) is 1. The summed E-state index contributed by atoms with van der Waals surface area (Å²) in [6, 6.07) is 15.8. The van der Waals surface area contributed by atoms with Crippen molar-refractivity contribution in [3.05, 3.63) is 111 Å². The van der Waals surface area contributed by atoms with Gasteiger partial charge in [-0.05, 0) is 86.3 Å². The van der Waals surface area contributed by atoms with E-state index in [1.54, 1.807) is 86.8 Å². The number of rotatable bonds is 21. The third kappa shape index (κ3) is 12.9. The molecule has 1 aliphatic carbocycles. The Morgan fingerprint density at radius 1 is 0.898 bits per heavy atom. The average Bonchev–Trinajstić information content (AvgIpc) is 3.84. The number of amides is 2. The molecule has 0 spiro atoms. The number of nitrogens with one attached hydrogen (secondary N) is 4. The molecule has 1 heterocycles. The number of guanidine groups is 1. The lowest BCUT2D eigenvalue weighted by molar-refractivity contribution is -0.130. The number of nitrogens with zero attached hydrogens (tertiary/aromatic N) is 2. The van der Waals surface area contributed by atoms with Gasteiger partial charge in [-0.15, -0.1) is 11.3 Å². The molecule has 0 aliphatic heterocycles. The largest absolute Gasteiger partial charge is 0.496 e. The minimum absolute atomic E-state index is 0.0119. The summed E-state index contributed by atoms with van der Waals surface area (Å²) in [6.45, 7) is 5.11. The molecule has 3 aromatic carbocycles. The van der Waals surface area contributed by atoms with Crippen molar-refractivity contribution in [1.82, 2.24) is 25.1 Å². The molecule has 59 heavy (non-hydrogen) atoms. The molecule has 1 aromatic heterocycles. The van der Waals surface area contributed by atoms with Crippen LogP contribution >= 0.6 is 11.3 Å². The van der Waals surface area contributed by atoms with Crippen LogP contribution in [0, 0.1) is 26.7 Å². The first-order valence-electron chi connectivity index (χ1n) is 19.2. The number of aliphatic imine (C=N–C) groups is 1. The number of benzene rings is 3. The number of thiazole rings is 1. The molecule has 5 rings (SSSR count). The predicted octanol–water partition coefficient (Wildman–Crippen LogP) is 3.83. The van der Waals surface area contributed by atoms with E-state index in [2.05, 4.69) is 30.1 Å². The van der Waals surface area contributed by atoms with Crippen molar-refractivity contribution in [3.8, 4) is 5.75 Å². The summed E-state index contributed by atoms with van der Waals surface area (Å²) in [7, 11) is -6.59. The molecule has 15 nitrogen and oxygen atoms in total. The molecule has 18 heteroatoms. The Labute approximate surface area is 349 Å². The number of carbonyl (C=O) groups excluding carboxylic acids is 3. The molecule has 6 N–H and O–H groups in total. The molecule has 4 aromatic rings. The summed E-state index contributed by atoms with van der Waals surface area (Å²) >= 11 is 1.11. The number of nitrogens with two attached hydrogens (primary N) is 1. The van der Waals surface area contributed by atoms with Crippen molar-refractivity contribution < 1.29 is 36.0 Å². The number of hydrogen-bond donors (Lipinski definition) is 5. The number of ketones is 1. The first kappa shape index (κ1) is 44.9. The predicted molar refractivity (Wildman–Crippen MR) is 227 cm³/mol. The van der Waals surface area contributed by atoms with Crippen LogP contribution in [-0.4, -0.2) is 77.2 Å². The molecule has 0 radical (unpaired) electrons. The Bertz CT molecular complexity index is 2340. The minimum atomic E-state index is -4.11. The summed E-state index contributed by atoms with van der Waals surface area (Å²) in [6.07, 6.45) is 3.82. The molecule has 0 unspecified atom stereocenters. The summed E-state index contributed by atoms with van der Waals surface area (Å²) in [5.74, 6) is -1.71. The van der Waals surface area contributed by atoms with Gasteiger partial charge in [0.25, 0.3) is 10.0 Å². The van der Waals surface area contributed by atoms with E-state index in [0.29, 0.717) is 33.6 Å². The first-order chi connectivity index (χ1) is 28.1. The Kier molecular flexibility index (Phi) is 15.4. The van der Waals surface area contributed by atoms with Crippen molar-refractivity contribution in [2.75, 3.05) is 13.7 Å². The maximum Gasteiger partial charge on any atom is 0.264 e. The van der Waals surface area contributed by atoms with Crippen LogP contribution < -0.4 is 30.5 Å². The van der Waals surface area contributed by atoms with Gasteiger partial charge in [-0.25, -0.2) is 31.3 Å². The molecule has 3 atom stereocenters. The number of sulfonamides is 2. The topological polar surface area (TPSA) is 228 Å². The van der Waals surface area contributed by atoms with Crippen molar-refractivity contribution in [1.29, 1.82) is 0 Å². The molecule has 0 saturated heterocycles. The lowest BCUT2D eigenvalue weighted by Crippen LogP contribution is -2.56. The zero-order valence-electron chi connectivity index (χ0n) is 33.4. The zero-order chi connectivity index (χ0) is 42.7. The van der Waals surface area contributed by atoms with Crippen LogP contribution in [0.3, 0.4) is 0 Å². The van der Waals surface area contributed by atoms with Gasteiger partial charge in [-0.2, -0.15) is 0 Å². The zero-order valence-corrected chi connectivity index (χ0v) is 35.9. The number of methoxy groups -OCH3 is 1. The summed E-state index contributed by atoms with van der Waals surface area (Å²) in [4.78, 5) is 50.0. The van der Waals surface area contributed by atoms with E-state index in [-0.39, 0.29) is 59.8 Å². The van der Waals surface area contributed by atoms with Crippen LogP contribution in [0.2, 0.25) is 0 Å². The number of hydrogen-bond acceptors (Lipinski definition) is 11. The van der Waals surface area contributed by atoms with Crippen molar-refractivity contribution >= 4 is 54.9 Å². The van der Waals surface area contributed by atoms with Crippen LogP contribution in [0.25, 0.3) is 0 Å². The van der Waals surface area contributed by atoms with E-state index in [1.165, 1.54) is 13.3 Å². The summed E-state index contributed by atoms with van der Waals surface area (Å²) < 4.78 is 63.6. The van der Waals surface area contributed by atoms with Gasteiger partial charge < -0.3 is 21.1 Å². The van der Waals surface area contributed by atoms with Gasteiger partial charge in [0.05, 0.1) is 23.8 Å². The number of aryl methyl sites for hydroxylation is 1. The van der Waals surface area contributed by atoms with Crippen LogP contribution in [0.5, 0.6) is 5.75 Å². The molecule has 1 aliphatic rings. The maximum atomic E-state index is 14.0. The number of ether oxygens (including phenoxy) is 1. The Morgan fingerprint density at radius 2 is 1.53 bits per heavy atom. The second kappa shape index (κ2) is 20.2. The van der Waals surface area contributed by atoms with Gasteiger partial charge in [0, 0.05) is 18.1 Å². The first-order valence-corrected chi connectivity index (χ1v) is 23.2. The second-order valence-corrected chi connectivity index (χ2v) is 18.9. The quantitative estimate of drug-likeness (QED) is 0.0352. The van der Waals surface area contributed by atoms with E-state index in [9.17, 15) is 31.2 Å². The average molecular weight is 866 g/mol. The van der Waals surface area contributed by atoms with Gasteiger partial charge in [0.2, 0.25) is 33.6 Å². The highest BCUT2D eigenvalue weighted by atomic mass is 32.2. The highest BCUT2D eigenvalue weighted by Crippen LogP contribution is 2.34. The Hall–Kier alpha value is -5.17. The number of aromatic nitrogens is 1. The molecular weight excluding hydrogens is 815 g/mol. The standard InChI is InChI=1S/C41H51N7O8S3/c1-26-22-35(56-4)27(2)28(3)37(26)59(54,55)48-41(42)44-19-11-16-32(36(49)40-43-20-21-57-40)45-38(50)33(23-30-17-18-30)46-39(51)34(24-29-12-7-5-8-13-29)47-58(52,53)25-31-14-9-6-10-15-31/h5-10,12-15,20-22,30,32-34,47H,11,16-19,23-25H2,1-4H3,(H,45,50)(H,46,51)(H3,42,44,48)/t32-,33-,34+/m0/s1. The Balaban J connectivity index is 1.28. The fourth-order valence-electron chi connectivity index (χ4n) is 6.68. The SMILES string of the molecule is COc1cc(C)c(S(=O)(=O)NC(N)=NCCC[C@H](NC(=O)[C@H](CC2CC2)NC(=O)[C@@H](Cc2ccccc2)NS(=O)(=O)Cc2ccccc2)C(=O)c2nccs2)c(C)c1C. The van der Waals surface area contributed by atoms with Gasteiger partial charge >= 0.3 is 0 Å². The van der Waals surface area contributed by atoms with E-state index in [1.807, 2.05) is 6.07 Å². The molecular formula is C41H51N7O8S3. The lowest BCUT2D eigenvalue weighted by Gasteiger charge is -2.25. The highest BCUT2D eigenvalue weighted by Gasteiger charge is 2.35. The lowest BCUT2D eigenvalue weighted by atomic mass is 10.0. The summed E-state index contributed by atoms with van der Waals surface area (Å²) in [5.41, 5.74) is 8.92. The smallest absolute Gasteiger partial charge is 0.264 e. The normalized spacial score (nSPS) is 14.8. The third-order valence-electron chi connectivity index (χ3n) is 9.93. The van der Waals surface area contributed by atoms with Crippen molar-refractivity contribution in [2.45, 2.75) is 88.1 Å². The van der Waals surface area contributed by atoms with Gasteiger partial charge in [-0.1, -0.05) is 73.5 Å². The molecule has 2 amide bonds. The molecule has 0 bridgehead atoms. The van der Waals surface area contributed by atoms with E-state index in [0.717, 1.165) is 24.2 Å². The maximum absolute atomic E-state index is 14.0. The molecule has 316 valence electrons. The Morgan fingerprint density at radius 3 is 2.14 bits per heavy atom. The minimum Gasteiger partial charge on any atom is -0.496 e. The van der Waals surface area contributed by atoms with E-state index in [4.69, 9.17) is 10.5 Å². The summed E-state index contributed by atoms with van der Waals surface area (Å²) in [5, 5.41) is 7.42. The third-order valence-corrected chi connectivity index (χ3v) is 13.7. The number of carbonyl (C=O) groups is 3. The highest BCUT2D eigenvalue weighted by molar-refractivity contribution is 7.90.